The summed E-state index contributed by atoms with van der Waals surface area (Å²) in [6, 6.07) is 13.6. The van der Waals surface area contributed by atoms with Crippen LogP contribution in [0.5, 0.6) is 0 Å². The van der Waals surface area contributed by atoms with Crippen LogP contribution in [-0.4, -0.2) is 17.1 Å². The lowest BCUT2D eigenvalue weighted by atomic mass is 9.79. The summed E-state index contributed by atoms with van der Waals surface area (Å²) in [7, 11) is 0. The number of aromatic nitrogens is 1. The number of oxazole rings is 1. The molecule has 0 amide bonds. The third-order valence-electron chi connectivity index (χ3n) is 6.50. The topological polar surface area (TPSA) is 59.5 Å². The lowest BCUT2D eigenvalue weighted by Gasteiger charge is -2.47. The molecule has 0 spiro atoms. The first-order chi connectivity index (χ1) is 14.9. The number of hydrogen-bond acceptors (Lipinski definition) is 5. The molecule has 5 heteroatoms. The highest BCUT2D eigenvalue weighted by atomic mass is 16.4. The van der Waals surface area contributed by atoms with Crippen molar-refractivity contribution in [3.05, 3.63) is 58.4 Å². The molecule has 1 aliphatic rings. The largest absolute Gasteiger partial charge is 0.436 e. The minimum absolute atomic E-state index is 0.0632. The zero-order valence-electron chi connectivity index (χ0n) is 18.6. The van der Waals surface area contributed by atoms with Gasteiger partial charge in [0.05, 0.1) is 0 Å². The second kappa shape index (κ2) is 7.26. The molecular weight excluding hydrogens is 388 g/mol. The van der Waals surface area contributed by atoms with Crippen molar-refractivity contribution >= 4 is 27.8 Å². The van der Waals surface area contributed by atoms with E-state index in [2.05, 4.69) is 49.7 Å². The van der Waals surface area contributed by atoms with E-state index in [4.69, 9.17) is 8.83 Å². The first-order valence-corrected chi connectivity index (χ1v) is 11.1. The van der Waals surface area contributed by atoms with Gasteiger partial charge in [-0.25, -0.2) is 9.78 Å². The number of anilines is 1. The van der Waals surface area contributed by atoms with E-state index in [-0.39, 0.29) is 5.54 Å². The lowest BCUT2D eigenvalue weighted by Crippen LogP contribution is -2.48. The SMILES string of the molecule is CCCCN1c2cc3oc(=O)c(-c4nc5ccccc5o4)cc3cc2C(C)CC1(C)C. The number of rotatable bonds is 4. The zero-order valence-corrected chi connectivity index (χ0v) is 18.6. The highest BCUT2D eigenvalue weighted by Crippen LogP contribution is 2.45. The van der Waals surface area contributed by atoms with E-state index in [9.17, 15) is 4.79 Å². The van der Waals surface area contributed by atoms with Crippen molar-refractivity contribution in [3.8, 4) is 11.5 Å². The third-order valence-corrected chi connectivity index (χ3v) is 6.50. The molecule has 2 aromatic heterocycles. The van der Waals surface area contributed by atoms with Crippen LogP contribution in [0, 0.1) is 0 Å². The molecule has 5 nitrogen and oxygen atoms in total. The van der Waals surface area contributed by atoms with Crippen molar-refractivity contribution < 1.29 is 8.83 Å². The number of para-hydroxylation sites is 2. The Balaban J connectivity index is 1.66. The molecule has 0 N–H and O–H groups in total. The van der Waals surface area contributed by atoms with Crippen LogP contribution in [0.3, 0.4) is 0 Å². The molecule has 0 saturated carbocycles. The summed E-state index contributed by atoms with van der Waals surface area (Å²) in [4.78, 5) is 19.8. The molecule has 1 unspecified atom stereocenters. The standard InChI is InChI=1S/C26H28N2O3/c1-5-6-11-28-21-14-23-17(12-18(21)16(2)15-26(28,3)4)13-19(25(29)31-23)24-27-20-9-7-8-10-22(20)30-24/h7-10,12-14,16H,5-6,11,15H2,1-4H3. The lowest BCUT2D eigenvalue weighted by molar-refractivity contribution is 0.374. The summed E-state index contributed by atoms with van der Waals surface area (Å²) in [5.41, 5.74) is 4.47. The van der Waals surface area contributed by atoms with Gasteiger partial charge in [-0.15, -0.1) is 0 Å². The summed E-state index contributed by atoms with van der Waals surface area (Å²) in [6.07, 6.45) is 3.37. The van der Waals surface area contributed by atoms with Gasteiger partial charge in [-0.1, -0.05) is 32.4 Å². The van der Waals surface area contributed by atoms with Crippen molar-refractivity contribution in [2.24, 2.45) is 0 Å². The monoisotopic (exact) mass is 416 g/mol. The van der Waals surface area contributed by atoms with Crippen LogP contribution in [0.1, 0.15) is 58.4 Å². The average molecular weight is 417 g/mol. The fraction of sp³-hybridized carbons (Fsp3) is 0.385. The van der Waals surface area contributed by atoms with Crippen LogP contribution in [0.15, 0.2) is 56.1 Å². The highest BCUT2D eigenvalue weighted by Gasteiger charge is 2.36. The molecular formula is C26H28N2O3. The average Bonchev–Trinajstić information content (AvgIpc) is 3.15. The Labute approximate surface area is 181 Å². The fourth-order valence-corrected chi connectivity index (χ4v) is 4.97. The Bertz CT molecular complexity index is 1300. The van der Waals surface area contributed by atoms with Gasteiger partial charge in [0.1, 0.15) is 16.7 Å². The molecule has 3 heterocycles. The molecule has 0 fully saturated rings. The summed E-state index contributed by atoms with van der Waals surface area (Å²) in [5.74, 6) is 0.723. The van der Waals surface area contributed by atoms with Gasteiger partial charge in [0.15, 0.2) is 5.58 Å². The number of nitrogens with zero attached hydrogens (tertiary/aromatic N) is 2. The fourth-order valence-electron chi connectivity index (χ4n) is 4.97. The van der Waals surface area contributed by atoms with Crippen molar-refractivity contribution in [3.63, 3.8) is 0 Å². The van der Waals surface area contributed by atoms with Crippen LogP contribution in [0.4, 0.5) is 5.69 Å². The Morgan fingerprint density at radius 2 is 1.94 bits per heavy atom. The number of benzene rings is 2. The molecule has 160 valence electrons. The highest BCUT2D eigenvalue weighted by molar-refractivity contribution is 5.87. The van der Waals surface area contributed by atoms with Crippen LogP contribution in [0.25, 0.3) is 33.5 Å². The molecule has 2 aromatic carbocycles. The second-order valence-electron chi connectivity index (χ2n) is 9.31. The Kier molecular flexibility index (Phi) is 4.65. The van der Waals surface area contributed by atoms with Gasteiger partial charge in [-0.3, -0.25) is 0 Å². The zero-order chi connectivity index (χ0) is 21.8. The van der Waals surface area contributed by atoms with Crippen LogP contribution < -0.4 is 10.5 Å². The molecule has 5 rings (SSSR count). The maximum atomic E-state index is 12.8. The molecule has 1 atom stereocenters. The summed E-state index contributed by atoms with van der Waals surface area (Å²) in [5, 5.41) is 0.901. The molecule has 1 aliphatic heterocycles. The minimum atomic E-state index is -0.428. The Morgan fingerprint density at radius 1 is 1.13 bits per heavy atom. The van der Waals surface area contributed by atoms with Gasteiger partial charge >= 0.3 is 5.63 Å². The predicted octanol–water partition coefficient (Wildman–Crippen LogP) is 6.49. The van der Waals surface area contributed by atoms with Gasteiger partial charge < -0.3 is 13.7 Å². The van der Waals surface area contributed by atoms with Crippen molar-refractivity contribution in [1.29, 1.82) is 0 Å². The van der Waals surface area contributed by atoms with E-state index in [0.717, 1.165) is 36.7 Å². The maximum Gasteiger partial charge on any atom is 0.349 e. The van der Waals surface area contributed by atoms with Crippen LogP contribution in [-0.2, 0) is 0 Å². The maximum absolute atomic E-state index is 12.8. The van der Waals surface area contributed by atoms with E-state index in [1.54, 1.807) is 0 Å². The van der Waals surface area contributed by atoms with Crippen molar-refractivity contribution in [2.75, 3.05) is 11.4 Å². The molecule has 4 aromatic rings. The van der Waals surface area contributed by atoms with E-state index >= 15 is 0 Å². The quantitative estimate of drug-likeness (QED) is 0.356. The third kappa shape index (κ3) is 3.32. The number of fused-ring (bicyclic) bond motifs is 3. The molecule has 0 radical (unpaired) electrons. The predicted molar refractivity (Wildman–Crippen MR) is 125 cm³/mol. The van der Waals surface area contributed by atoms with Gasteiger partial charge in [0.2, 0.25) is 5.89 Å². The Morgan fingerprint density at radius 3 is 2.71 bits per heavy atom. The minimum Gasteiger partial charge on any atom is -0.436 e. The molecule has 31 heavy (non-hydrogen) atoms. The summed E-state index contributed by atoms with van der Waals surface area (Å²) >= 11 is 0. The van der Waals surface area contributed by atoms with Gasteiger partial charge in [-0.05, 0) is 62.4 Å². The normalized spacial score (nSPS) is 17.9. The Hall–Kier alpha value is -3.08. The smallest absolute Gasteiger partial charge is 0.349 e. The van der Waals surface area contributed by atoms with E-state index in [1.165, 1.54) is 11.3 Å². The molecule has 0 aliphatic carbocycles. The second-order valence-corrected chi connectivity index (χ2v) is 9.31. The first kappa shape index (κ1) is 19.9. The van der Waals surface area contributed by atoms with E-state index in [1.807, 2.05) is 30.3 Å². The summed E-state index contributed by atoms with van der Waals surface area (Å²) in [6.45, 7) is 10.1. The van der Waals surface area contributed by atoms with Crippen molar-refractivity contribution in [2.45, 2.75) is 58.4 Å². The summed E-state index contributed by atoms with van der Waals surface area (Å²) < 4.78 is 11.6. The number of unbranched alkanes of at least 4 members (excludes halogenated alkanes) is 1. The number of hydrogen-bond donors (Lipinski definition) is 0. The van der Waals surface area contributed by atoms with Crippen molar-refractivity contribution in [1.82, 2.24) is 4.98 Å². The van der Waals surface area contributed by atoms with Gasteiger partial charge in [0.25, 0.3) is 0 Å². The molecule has 0 saturated heterocycles. The first-order valence-electron chi connectivity index (χ1n) is 11.1. The molecule has 0 bridgehead atoms. The van der Waals surface area contributed by atoms with Gasteiger partial charge in [0, 0.05) is 29.2 Å². The van der Waals surface area contributed by atoms with Crippen LogP contribution in [0.2, 0.25) is 0 Å². The van der Waals surface area contributed by atoms with Crippen LogP contribution >= 0.6 is 0 Å². The van der Waals surface area contributed by atoms with E-state index in [0.29, 0.717) is 28.5 Å². The van der Waals surface area contributed by atoms with Gasteiger partial charge in [-0.2, -0.15) is 0 Å². The van der Waals surface area contributed by atoms with E-state index < -0.39 is 5.63 Å².